The summed E-state index contributed by atoms with van der Waals surface area (Å²) >= 11 is 2.06. The van der Waals surface area contributed by atoms with Crippen LogP contribution >= 0.6 is 22.6 Å². The molecule has 0 bridgehead atoms. The van der Waals surface area contributed by atoms with Crippen molar-refractivity contribution in [1.82, 2.24) is 10.2 Å². The van der Waals surface area contributed by atoms with Crippen LogP contribution in [0.2, 0.25) is 0 Å². The van der Waals surface area contributed by atoms with Crippen molar-refractivity contribution < 1.29 is 43.9 Å². The summed E-state index contributed by atoms with van der Waals surface area (Å²) in [6.45, 7) is -0.0341. The van der Waals surface area contributed by atoms with Crippen molar-refractivity contribution in [3.63, 3.8) is 0 Å². The van der Waals surface area contributed by atoms with Crippen LogP contribution in [-0.2, 0) is 22.7 Å². The Bertz CT molecular complexity index is 1330. The molecule has 3 aliphatic rings. The lowest BCUT2D eigenvalue weighted by Crippen LogP contribution is -2.55. The number of nitrogens with one attached hydrogen (secondary N) is 1. The van der Waals surface area contributed by atoms with Gasteiger partial charge in [0, 0.05) is 31.0 Å². The quantitative estimate of drug-likeness (QED) is 0.262. The minimum absolute atomic E-state index is 0.0607. The van der Waals surface area contributed by atoms with Crippen molar-refractivity contribution in [2.75, 3.05) is 27.1 Å². The number of benzene rings is 2. The van der Waals surface area contributed by atoms with Gasteiger partial charge in [0.1, 0.15) is 12.2 Å². The van der Waals surface area contributed by atoms with E-state index in [1.165, 1.54) is 7.11 Å². The van der Waals surface area contributed by atoms with Gasteiger partial charge in [-0.25, -0.2) is 0 Å². The molecule has 2 aromatic rings. The van der Waals surface area contributed by atoms with Crippen LogP contribution in [0.4, 0.5) is 0 Å². The van der Waals surface area contributed by atoms with Crippen LogP contribution in [0.3, 0.4) is 0 Å². The molecule has 3 atom stereocenters. The minimum atomic E-state index is -1.18. The first kappa shape index (κ1) is 29.4. The third-order valence-corrected chi connectivity index (χ3v) is 8.14. The highest BCUT2D eigenvalue weighted by molar-refractivity contribution is 14.1. The number of carbonyl (C=O) groups excluding carboxylic acids is 2. The van der Waals surface area contributed by atoms with Crippen LogP contribution in [0.5, 0.6) is 23.0 Å². The number of aliphatic hydroxyl groups is 3. The van der Waals surface area contributed by atoms with Gasteiger partial charge in [-0.15, -0.1) is 0 Å². The fourth-order valence-electron chi connectivity index (χ4n) is 5.05. The van der Waals surface area contributed by atoms with Gasteiger partial charge in [-0.3, -0.25) is 9.59 Å². The fraction of sp³-hybridized carbons (Fsp3) is 0.448. The number of nitrogens with zero attached hydrogens (tertiary/aromatic N) is 1. The number of carbonyl (C=O) groups is 2. The summed E-state index contributed by atoms with van der Waals surface area (Å²) in [7, 11) is 1.48. The predicted octanol–water partition coefficient (Wildman–Crippen LogP) is 1.88. The average molecular weight is 680 g/mol. The first-order chi connectivity index (χ1) is 19.8. The number of methoxy groups -OCH3 is 1. The number of hydrogen-bond donors (Lipinski definition) is 4. The molecular formula is C29H33IN2O9. The van der Waals surface area contributed by atoms with Gasteiger partial charge >= 0.3 is 0 Å². The molecule has 2 amide bonds. The third-order valence-electron chi connectivity index (χ3n) is 7.34. The van der Waals surface area contributed by atoms with Crippen molar-refractivity contribution in [2.45, 2.75) is 50.7 Å². The summed E-state index contributed by atoms with van der Waals surface area (Å²) in [5.41, 5.74) is 1.76. The van der Waals surface area contributed by atoms with E-state index >= 15 is 0 Å². The zero-order chi connectivity index (χ0) is 29.1. The van der Waals surface area contributed by atoms with Gasteiger partial charge < -0.3 is 44.5 Å². The van der Waals surface area contributed by atoms with Crippen LogP contribution < -0.4 is 24.3 Å². The second-order valence-electron chi connectivity index (χ2n) is 10.2. The third kappa shape index (κ3) is 6.55. The Labute approximate surface area is 251 Å². The van der Waals surface area contributed by atoms with Crippen LogP contribution in [0.25, 0.3) is 0 Å². The minimum Gasteiger partial charge on any atom is -0.493 e. The summed E-state index contributed by atoms with van der Waals surface area (Å²) < 4.78 is 23.4. The highest BCUT2D eigenvalue weighted by atomic mass is 127. The molecule has 0 unspecified atom stereocenters. The number of hydrogen-bond acceptors (Lipinski definition) is 9. The number of halogens is 1. The molecule has 0 radical (unpaired) electrons. The zero-order valence-corrected chi connectivity index (χ0v) is 24.7. The number of rotatable bonds is 11. The van der Waals surface area contributed by atoms with Crippen molar-refractivity contribution in [1.29, 1.82) is 0 Å². The van der Waals surface area contributed by atoms with Crippen LogP contribution in [0.15, 0.2) is 42.0 Å². The Morgan fingerprint density at radius 3 is 2.61 bits per heavy atom. The normalized spacial score (nSPS) is 21.2. The Morgan fingerprint density at radius 2 is 1.90 bits per heavy atom. The van der Waals surface area contributed by atoms with Crippen LogP contribution in [0, 0.1) is 9.49 Å². The molecule has 0 aromatic heterocycles. The molecule has 0 saturated heterocycles. The molecule has 2 aromatic carbocycles. The summed E-state index contributed by atoms with van der Waals surface area (Å²) in [6.07, 6.45) is 1.01. The zero-order valence-electron chi connectivity index (χ0n) is 22.5. The van der Waals surface area contributed by atoms with E-state index in [2.05, 4.69) is 27.9 Å². The first-order valence-corrected chi connectivity index (χ1v) is 14.5. The topological polar surface area (TPSA) is 147 Å². The van der Waals surface area contributed by atoms with E-state index in [0.717, 1.165) is 18.4 Å². The standard InChI is InChI=1S/C29H33IN2O9/c1-38-25-10-17(14-34)8-20(30)27(25)41-24-12-19(28(36)31-6-7-33)11-21(26(24)35)32(29(37)18-3-4-18)13-16-2-5-22-23(9-16)40-15-39-22/h2,5,8-10,12,18,21,24,26,33-35H,3-4,6-7,11,13-15H2,1H3,(H,31,36)/t21-,24+,26+/m1/s1. The molecule has 0 spiro atoms. The van der Waals surface area contributed by atoms with E-state index < -0.39 is 24.2 Å². The molecular weight excluding hydrogens is 647 g/mol. The molecule has 2 aliphatic carbocycles. The maximum Gasteiger partial charge on any atom is 0.247 e. The lowest BCUT2D eigenvalue weighted by atomic mass is 9.87. The lowest BCUT2D eigenvalue weighted by Gasteiger charge is -2.41. The fourth-order valence-corrected chi connectivity index (χ4v) is 5.85. The number of fused-ring (bicyclic) bond motifs is 1. The predicted molar refractivity (Wildman–Crippen MR) is 154 cm³/mol. The van der Waals surface area contributed by atoms with Crippen molar-refractivity contribution in [2.24, 2.45) is 5.92 Å². The highest BCUT2D eigenvalue weighted by Gasteiger charge is 2.44. The Morgan fingerprint density at radius 1 is 1.12 bits per heavy atom. The van der Waals surface area contributed by atoms with E-state index in [-0.39, 0.29) is 51.3 Å². The molecule has 41 heavy (non-hydrogen) atoms. The van der Waals surface area contributed by atoms with Crippen molar-refractivity contribution >= 4 is 34.4 Å². The van der Waals surface area contributed by atoms with Gasteiger partial charge in [-0.2, -0.15) is 0 Å². The number of amides is 2. The molecule has 5 rings (SSSR count). The first-order valence-electron chi connectivity index (χ1n) is 13.4. The van der Waals surface area contributed by atoms with Crippen LogP contribution in [-0.4, -0.2) is 77.3 Å². The van der Waals surface area contributed by atoms with E-state index in [1.54, 1.807) is 29.2 Å². The van der Waals surface area contributed by atoms with E-state index in [9.17, 15) is 24.9 Å². The van der Waals surface area contributed by atoms with Crippen LogP contribution in [0.1, 0.15) is 30.4 Å². The summed E-state index contributed by atoms with van der Waals surface area (Å²) in [4.78, 5) is 28.4. The molecule has 12 heteroatoms. The molecule has 4 N–H and O–H groups in total. The van der Waals surface area contributed by atoms with Gasteiger partial charge in [0.25, 0.3) is 0 Å². The van der Waals surface area contributed by atoms with Crippen molar-refractivity contribution in [3.8, 4) is 23.0 Å². The van der Waals surface area contributed by atoms with E-state index in [0.29, 0.717) is 37.7 Å². The summed E-state index contributed by atoms with van der Waals surface area (Å²) in [6, 6.07) is 8.07. The molecule has 11 nitrogen and oxygen atoms in total. The molecule has 1 heterocycles. The number of aliphatic hydroxyl groups excluding tert-OH is 3. The Hall–Kier alpha value is -3.07. The van der Waals surface area contributed by atoms with E-state index in [1.807, 2.05) is 12.1 Å². The van der Waals surface area contributed by atoms with E-state index in [4.69, 9.17) is 18.9 Å². The molecule has 220 valence electrons. The van der Waals surface area contributed by atoms with Gasteiger partial charge in [0.2, 0.25) is 18.6 Å². The van der Waals surface area contributed by atoms with Crippen molar-refractivity contribution in [3.05, 3.63) is 56.7 Å². The SMILES string of the molecule is COc1cc(CO)cc(I)c1O[C@H]1C=C(C(=O)NCCO)C[C@@H](N(Cc2ccc3c(c2)OCO3)C(=O)C2CC2)[C@@H]1O. The smallest absolute Gasteiger partial charge is 0.247 e. The molecule has 1 aliphatic heterocycles. The second-order valence-corrected chi connectivity index (χ2v) is 11.4. The second kappa shape index (κ2) is 12.8. The largest absolute Gasteiger partial charge is 0.493 e. The average Bonchev–Trinajstić information content (AvgIpc) is 3.73. The highest BCUT2D eigenvalue weighted by Crippen LogP contribution is 2.39. The Kier molecular flexibility index (Phi) is 9.22. The van der Waals surface area contributed by atoms with Gasteiger partial charge in [-0.05, 0) is 76.9 Å². The van der Waals surface area contributed by atoms with Gasteiger partial charge in [0.15, 0.2) is 23.0 Å². The van der Waals surface area contributed by atoms with Gasteiger partial charge in [0.05, 0.1) is 29.9 Å². The number of ether oxygens (including phenoxy) is 4. The molecule has 1 fully saturated rings. The maximum atomic E-state index is 13.6. The lowest BCUT2D eigenvalue weighted by molar-refractivity contribution is -0.140. The summed E-state index contributed by atoms with van der Waals surface area (Å²) in [5, 5.41) is 33.2. The Balaban J connectivity index is 1.49. The summed E-state index contributed by atoms with van der Waals surface area (Å²) in [5.74, 6) is 1.27. The van der Waals surface area contributed by atoms with Gasteiger partial charge in [-0.1, -0.05) is 6.07 Å². The molecule has 1 saturated carbocycles. The maximum absolute atomic E-state index is 13.6. The monoisotopic (exact) mass is 680 g/mol.